The number of benzene rings is 3. The topological polar surface area (TPSA) is 24.7 Å². The molecule has 0 N–H and O–H groups in total. The van der Waals surface area contributed by atoms with E-state index in [0.717, 1.165) is 11.4 Å². The fraction of sp³-hybridized carbons (Fsp3) is 0. The van der Waals surface area contributed by atoms with Gasteiger partial charge in [0.1, 0.15) is 0 Å². The molecular weight excluding hydrogens is 220 g/mol. The molecule has 2 heteroatoms. The Kier molecular flexibility index (Phi) is 2.84. The molecule has 3 aromatic carbocycles. The summed E-state index contributed by atoms with van der Waals surface area (Å²) in [5.74, 6) is 0. The molecule has 0 amide bonds. The summed E-state index contributed by atoms with van der Waals surface area (Å²) in [6.07, 6.45) is 0. The van der Waals surface area contributed by atoms with Crippen molar-refractivity contribution < 1.29 is 0 Å². The van der Waals surface area contributed by atoms with E-state index in [1.54, 1.807) is 0 Å². The highest BCUT2D eigenvalue weighted by molar-refractivity contribution is 5.85. The summed E-state index contributed by atoms with van der Waals surface area (Å²) in [7, 11) is 0. The van der Waals surface area contributed by atoms with Crippen molar-refractivity contribution in [3.05, 3.63) is 72.8 Å². The van der Waals surface area contributed by atoms with Gasteiger partial charge in [-0.1, -0.05) is 48.5 Å². The predicted molar refractivity (Wildman–Crippen MR) is 74.6 cm³/mol. The van der Waals surface area contributed by atoms with Gasteiger partial charge in [0.2, 0.25) is 0 Å². The van der Waals surface area contributed by atoms with Crippen molar-refractivity contribution in [2.24, 2.45) is 10.2 Å². The van der Waals surface area contributed by atoms with Gasteiger partial charge in [0.05, 0.1) is 11.4 Å². The van der Waals surface area contributed by atoms with Gasteiger partial charge in [0.25, 0.3) is 0 Å². The van der Waals surface area contributed by atoms with Gasteiger partial charge >= 0.3 is 0 Å². The molecule has 0 spiro atoms. The lowest BCUT2D eigenvalue weighted by Gasteiger charge is -1.98. The van der Waals surface area contributed by atoms with Gasteiger partial charge < -0.3 is 0 Å². The van der Waals surface area contributed by atoms with Crippen molar-refractivity contribution >= 4 is 22.1 Å². The van der Waals surface area contributed by atoms with Gasteiger partial charge in [0, 0.05) is 0 Å². The van der Waals surface area contributed by atoms with Crippen LogP contribution in [0.2, 0.25) is 0 Å². The summed E-state index contributed by atoms with van der Waals surface area (Å²) in [5.41, 5.74) is 1.74. The third-order valence-electron chi connectivity index (χ3n) is 2.77. The Hall–Kier alpha value is -2.48. The van der Waals surface area contributed by atoms with E-state index in [1.165, 1.54) is 10.8 Å². The normalized spacial score (nSPS) is 11.1. The van der Waals surface area contributed by atoms with Gasteiger partial charge in [0.15, 0.2) is 0 Å². The van der Waals surface area contributed by atoms with E-state index in [9.17, 15) is 0 Å². The lowest BCUT2D eigenvalue weighted by Crippen LogP contribution is -1.70. The Morgan fingerprint density at radius 2 is 1.17 bits per heavy atom. The van der Waals surface area contributed by atoms with Crippen molar-refractivity contribution in [2.75, 3.05) is 0 Å². The number of nitrogens with zero attached hydrogens (tertiary/aromatic N) is 2. The second kappa shape index (κ2) is 4.80. The first-order valence-electron chi connectivity index (χ1n) is 5.87. The average Bonchev–Trinajstić information content (AvgIpc) is 2.46. The number of hydrogen-bond donors (Lipinski definition) is 0. The van der Waals surface area contributed by atoms with Crippen molar-refractivity contribution in [2.45, 2.75) is 0 Å². The molecule has 0 aliphatic carbocycles. The lowest BCUT2D eigenvalue weighted by atomic mass is 10.1. The zero-order chi connectivity index (χ0) is 12.2. The zero-order valence-electron chi connectivity index (χ0n) is 9.82. The molecule has 0 radical (unpaired) electrons. The third kappa shape index (κ3) is 2.28. The fourth-order valence-electron chi connectivity index (χ4n) is 1.85. The quantitative estimate of drug-likeness (QED) is 0.539. The van der Waals surface area contributed by atoms with Crippen LogP contribution in [0.1, 0.15) is 0 Å². The number of fused-ring (bicyclic) bond motifs is 1. The summed E-state index contributed by atoms with van der Waals surface area (Å²) in [6.45, 7) is 0. The molecule has 0 aliphatic rings. The van der Waals surface area contributed by atoms with Crippen molar-refractivity contribution in [3.63, 3.8) is 0 Å². The van der Waals surface area contributed by atoms with E-state index in [-0.39, 0.29) is 0 Å². The highest BCUT2D eigenvalue weighted by atomic mass is 15.1. The highest BCUT2D eigenvalue weighted by Crippen LogP contribution is 2.23. The highest BCUT2D eigenvalue weighted by Gasteiger charge is 1.94. The molecule has 0 atom stereocenters. The Labute approximate surface area is 106 Å². The SMILES string of the molecule is c1ccc(/N=N/c2ccc3ccccc3c2)cc1. The minimum Gasteiger partial charge on any atom is -0.151 e. The van der Waals surface area contributed by atoms with Gasteiger partial charge in [-0.05, 0) is 35.0 Å². The second-order valence-corrected chi connectivity index (χ2v) is 4.07. The molecule has 0 unspecified atom stereocenters. The number of rotatable bonds is 2. The van der Waals surface area contributed by atoms with E-state index in [1.807, 2.05) is 54.6 Å². The Morgan fingerprint density at radius 3 is 2.00 bits per heavy atom. The van der Waals surface area contributed by atoms with E-state index in [0.29, 0.717) is 0 Å². The summed E-state index contributed by atoms with van der Waals surface area (Å²) in [4.78, 5) is 0. The molecule has 0 heterocycles. The van der Waals surface area contributed by atoms with Gasteiger partial charge in [-0.15, -0.1) is 0 Å². The molecule has 0 saturated carbocycles. The third-order valence-corrected chi connectivity index (χ3v) is 2.77. The zero-order valence-corrected chi connectivity index (χ0v) is 9.82. The van der Waals surface area contributed by atoms with E-state index >= 15 is 0 Å². The maximum absolute atomic E-state index is 4.25. The molecule has 0 aromatic heterocycles. The summed E-state index contributed by atoms with van der Waals surface area (Å²) < 4.78 is 0. The Morgan fingerprint density at radius 1 is 0.500 bits per heavy atom. The van der Waals surface area contributed by atoms with Crippen LogP contribution in [-0.2, 0) is 0 Å². The lowest BCUT2D eigenvalue weighted by molar-refractivity contribution is 1.23. The fourth-order valence-corrected chi connectivity index (χ4v) is 1.85. The van der Waals surface area contributed by atoms with Gasteiger partial charge in [-0.2, -0.15) is 10.2 Å². The number of azo groups is 1. The van der Waals surface area contributed by atoms with Crippen LogP contribution in [0.25, 0.3) is 10.8 Å². The van der Waals surface area contributed by atoms with Crippen LogP contribution >= 0.6 is 0 Å². The van der Waals surface area contributed by atoms with Crippen LogP contribution in [0.5, 0.6) is 0 Å². The van der Waals surface area contributed by atoms with Crippen LogP contribution in [0.4, 0.5) is 11.4 Å². The maximum Gasteiger partial charge on any atom is 0.0863 e. The number of hydrogen-bond acceptors (Lipinski definition) is 2. The molecule has 86 valence electrons. The van der Waals surface area contributed by atoms with Crippen molar-refractivity contribution in [1.82, 2.24) is 0 Å². The average molecular weight is 232 g/mol. The summed E-state index contributed by atoms with van der Waals surface area (Å²) >= 11 is 0. The first-order valence-corrected chi connectivity index (χ1v) is 5.87. The molecular formula is C16H12N2. The van der Waals surface area contributed by atoms with Crippen LogP contribution in [0.3, 0.4) is 0 Å². The van der Waals surface area contributed by atoms with E-state index < -0.39 is 0 Å². The molecule has 3 aromatic rings. The smallest absolute Gasteiger partial charge is 0.0863 e. The van der Waals surface area contributed by atoms with Gasteiger partial charge in [-0.25, -0.2) is 0 Å². The largest absolute Gasteiger partial charge is 0.151 e. The van der Waals surface area contributed by atoms with Crippen molar-refractivity contribution in [3.8, 4) is 0 Å². The van der Waals surface area contributed by atoms with E-state index in [2.05, 4.69) is 28.4 Å². The van der Waals surface area contributed by atoms with Crippen LogP contribution < -0.4 is 0 Å². The summed E-state index contributed by atoms with van der Waals surface area (Å²) in [6, 6.07) is 24.1. The van der Waals surface area contributed by atoms with Gasteiger partial charge in [-0.3, -0.25) is 0 Å². The molecule has 2 nitrogen and oxygen atoms in total. The first-order chi connectivity index (χ1) is 8.92. The second-order valence-electron chi connectivity index (χ2n) is 4.07. The molecule has 18 heavy (non-hydrogen) atoms. The molecule has 0 saturated heterocycles. The minimum absolute atomic E-state index is 0.866. The standard InChI is InChI=1S/C16H12N2/c1-2-8-15(9-3-1)17-18-16-11-10-13-6-4-5-7-14(13)12-16/h1-12H/b18-17+. The Bertz CT molecular complexity index is 688. The molecule has 0 aliphatic heterocycles. The molecule has 0 fully saturated rings. The van der Waals surface area contributed by atoms with Crippen LogP contribution in [0, 0.1) is 0 Å². The monoisotopic (exact) mass is 232 g/mol. The summed E-state index contributed by atoms with van der Waals surface area (Å²) in [5, 5.41) is 10.9. The maximum atomic E-state index is 4.25. The first kappa shape index (κ1) is 10.7. The molecule has 0 bridgehead atoms. The Balaban J connectivity index is 1.93. The van der Waals surface area contributed by atoms with Crippen molar-refractivity contribution in [1.29, 1.82) is 0 Å². The van der Waals surface area contributed by atoms with Crippen LogP contribution in [-0.4, -0.2) is 0 Å². The van der Waals surface area contributed by atoms with E-state index in [4.69, 9.17) is 0 Å². The predicted octanol–water partition coefficient (Wildman–Crippen LogP) is 5.26. The molecule has 3 rings (SSSR count). The minimum atomic E-state index is 0.866. The van der Waals surface area contributed by atoms with Crippen LogP contribution in [0.15, 0.2) is 83.0 Å².